The smallest absolute Gasteiger partial charge is 0.181 e. The lowest BCUT2D eigenvalue weighted by Crippen LogP contribution is -2.47. The summed E-state index contributed by atoms with van der Waals surface area (Å²) >= 11 is 0. The van der Waals surface area contributed by atoms with Crippen molar-refractivity contribution in [1.82, 2.24) is 9.88 Å². The van der Waals surface area contributed by atoms with Crippen LogP contribution in [-0.2, 0) is 5.60 Å². The molecular formula is C15H18N2O2. The highest BCUT2D eigenvalue weighted by molar-refractivity contribution is 5.73. The highest BCUT2D eigenvalue weighted by atomic mass is 16.3. The van der Waals surface area contributed by atoms with Crippen molar-refractivity contribution in [1.29, 1.82) is 0 Å². The Morgan fingerprint density at radius 3 is 2.79 bits per heavy atom. The Kier molecular flexibility index (Phi) is 2.29. The van der Waals surface area contributed by atoms with Gasteiger partial charge in [-0.05, 0) is 50.4 Å². The molecule has 19 heavy (non-hydrogen) atoms. The van der Waals surface area contributed by atoms with Crippen LogP contribution in [0.5, 0.6) is 0 Å². The molecule has 1 N–H and O–H groups in total. The normalized spacial score (nSPS) is 35.1. The first-order valence-corrected chi connectivity index (χ1v) is 6.94. The van der Waals surface area contributed by atoms with Crippen molar-refractivity contribution in [3.8, 4) is 0 Å². The van der Waals surface area contributed by atoms with Crippen molar-refractivity contribution in [2.24, 2.45) is 0 Å². The first-order chi connectivity index (χ1) is 9.16. The molecule has 0 amide bonds. The highest BCUT2D eigenvalue weighted by Gasteiger charge is 2.46. The van der Waals surface area contributed by atoms with E-state index in [-0.39, 0.29) is 0 Å². The van der Waals surface area contributed by atoms with Gasteiger partial charge in [0.2, 0.25) is 0 Å². The number of hydrogen-bond donors (Lipinski definition) is 1. The van der Waals surface area contributed by atoms with Gasteiger partial charge in [0.25, 0.3) is 0 Å². The Balaban J connectivity index is 1.74. The van der Waals surface area contributed by atoms with E-state index in [1.165, 1.54) is 19.2 Å². The van der Waals surface area contributed by atoms with E-state index in [9.17, 15) is 5.11 Å². The molecule has 2 atom stereocenters. The average Bonchev–Trinajstić information content (AvgIpc) is 2.94. The van der Waals surface area contributed by atoms with Crippen LogP contribution in [0.2, 0.25) is 0 Å². The van der Waals surface area contributed by atoms with Crippen LogP contribution in [0.3, 0.4) is 0 Å². The zero-order valence-electron chi connectivity index (χ0n) is 11.0. The molecular weight excluding hydrogens is 240 g/mol. The molecule has 0 saturated carbocycles. The Bertz CT molecular complexity index is 607. The van der Waals surface area contributed by atoms with Gasteiger partial charge in [-0.2, -0.15) is 0 Å². The van der Waals surface area contributed by atoms with Gasteiger partial charge in [-0.25, -0.2) is 4.98 Å². The Labute approximate surface area is 112 Å². The number of piperidine rings is 1. The van der Waals surface area contributed by atoms with Crippen LogP contribution in [0.15, 0.2) is 29.0 Å². The topological polar surface area (TPSA) is 49.5 Å². The van der Waals surface area contributed by atoms with Gasteiger partial charge in [0, 0.05) is 12.1 Å². The van der Waals surface area contributed by atoms with E-state index in [1.54, 1.807) is 0 Å². The Morgan fingerprint density at radius 2 is 2.05 bits per heavy atom. The Morgan fingerprint density at radius 1 is 1.32 bits per heavy atom. The van der Waals surface area contributed by atoms with E-state index in [4.69, 9.17) is 4.42 Å². The maximum atomic E-state index is 11.1. The molecule has 2 fully saturated rings. The van der Waals surface area contributed by atoms with Crippen LogP contribution in [0.25, 0.3) is 11.1 Å². The highest BCUT2D eigenvalue weighted by Crippen LogP contribution is 2.45. The van der Waals surface area contributed by atoms with Crippen molar-refractivity contribution in [2.45, 2.75) is 43.4 Å². The minimum absolute atomic E-state index is 0.511. The molecule has 4 heteroatoms. The number of aromatic nitrogens is 1. The fourth-order valence-corrected chi connectivity index (χ4v) is 3.83. The van der Waals surface area contributed by atoms with E-state index in [1.807, 2.05) is 18.2 Å². The van der Waals surface area contributed by atoms with E-state index in [2.05, 4.69) is 16.9 Å². The number of rotatable bonds is 1. The predicted octanol–water partition coefficient (Wildman–Crippen LogP) is 2.27. The lowest BCUT2D eigenvalue weighted by molar-refractivity contribution is -0.0492. The van der Waals surface area contributed by atoms with Crippen LogP contribution >= 0.6 is 0 Å². The first-order valence-electron chi connectivity index (χ1n) is 6.94. The average molecular weight is 258 g/mol. The molecule has 2 bridgehead atoms. The summed E-state index contributed by atoms with van der Waals surface area (Å²) in [5.41, 5.74) is 1.89. The van der Waals surface area contributed by atoms with E-state index in [0.717, 1.165) is 29.5 Å². The maximum Gasteiger partial charge on any atom is 0.181 e. The van der Waals surface area contributed by atoms with Crippen LogP contribution in [0, 0.1) is 0 Å². The van der Waals surface area contributed by atoms with Gasteiger partial charge >= 0.3 is 0 Å². The largest absolute Gasteiger partial charge is 0.443 e. The van der Waals surface area contributed by atoms with Crippen LogP contribution in [0.4, 0.5) is 0 Å². The second kappa shape index (κ2) is 3.81. The standard InChI is InChI=1S/C15H18N2O2/c1-17-11-3-4-12(17)8-15(18,7-11)10-2-5-14-13(6-10)16-9-19-14/h2,5-6,9,11-12,18H,3-4,7-8H2,1H3. The first kappa shape index (κ1) is 11.4. The van der Waals surface area contributed by atoms with Gasteiger partial charge in [-0.3, -0.25) is 0 Å². The third kappa shape index (κ3) is 1.63. The molecule has 2 aromatic rings. The SMILES string of the molecule is CN1C2CCC1CC(O)(c1ccc3ocnc3c1)C2. The minimum Gasteiger partial charge on any atom is -0.443 e. The molecule has 100 valence electrons. The number of nitrogens with zero attached hydrogens (tertiary/aromatic N) is 2. The fourth-order valence-electron chi connectivity index (χ4n) is 3.83. The lowest BCUT2D eigenvalue weighted by atomic mass is 9.80. The maximum absolute atomic E-state index is 11.1. The minimum atomic E-state index is -0.703. The summed E-state index contributed by atoms with van der Waals surface area (Å²) in [6, 6.07) is 6.89. The zero-order chi connectivity index (χ0) is 13.0. The number of hydrogen-bond acceptors (Lipinski definition) is 4. The monoisotopic (exact) mass is 258 g/mol. The molecule has 4 nitrogen and oxygen atoms in total. The van der Waals surface area contributed by atoms with Gasteiger partial charge in [-0.1, -0.05) is 6.07 Å². The second-order valence-corrected chi connectivity index (χ2v) is 6.03. The van der Waals surface area contributed by atoms with Crippen molar-refractivity contribution < 1.29 is 9.52 Å². The summed E-state index contributed by atoms with van der Waals surface area (Å²) in [4.78, 5) is 6.62. The van der Waals surface area contributed by atoms with Crippen LogP contribution in [0.1, 0.15) is 31.2 Å². The van der Waals surface area contributed by atoms with Gasteiger partial charge in [-0.15, -0.1) is 0 Å². The summed E-state index contributed by atoms with van der Waals surface area (Å²) in [7, 11) is 2.18. The van der Waals surface area contributed by atoms with Crippen molar-refractivity contribution in [2.75, 3.05) is 7.05 Å². The van der Waals surface area contributed by atoms with Crippen LogP contribution < -0.4 is 0 Å². The molecule has 3 heterocycles. The number of benzene rings is 1. The van der Waals surface area contributed by atoms with Gasteiger partial charge in [0.15, 0.2) is 12.0 Å². The molecule has 2 saturated heterocycles. The summed E-state index contributed by atoms with van der Waals surface area (Å²) in [6.07, 6.45) is 5.51. The summed E-state index contributed by atoms with van der Waals surface area (Å²) in [5, 5.41) is 11.1. The molecule has 0 aliphatic carbocycles. The zero-order valence-corrected chi connectivity index (χ0v) is 11.0. The molecule has 1 aromatic heterocycles. The van der Waals surface area contributed by atoms with Crippen molar-refractivity contribution in [3.63, 3.8) is 0 Å². The molecule has 2 unspecified atom stereocenters. The molecule has 2 aliphatic heterocycles. The number of oxazole rings is 1. The second-order valence-electron chi connectivity index (χ2n) is 6.03. The van der Waals surface area contributed by atoms with E-state index < -0.39 is 5.60 Å². The summed E-state index contributed by atoms with van der Waals surface area (Å²) in [6.45, 7) is 0. The predicted molar refractivity (Wildman–Crippen MR) is 71.7 cm³/mol. The number of fused-ring (bicyclic) bond motifs is 3. The summed E-state index contributed by atoms with van der Waals surface area (Å²) < 4.78 is 5.26. The quantitative estimate of drug-likeness (QED) is 0.852. The molecule has 0 spiro atoms. The molecule has 2 aliphatic rings. The van der Waals surface area contributed by atoms with Crippen LogP contribution in [-0.4, -0.2) is 34.1 Å². The molecule has 4 rings (SSSR count). The third-order valence-electron chi connectivity index (χ3n) is 5.00. The number of aliphatic hydroxyl groups is 1. The van der Waals surface area contributed by atoms with Crippen molar-refractivity contribution >= 4 is 11.1 Å². The van der Waals surface area contributed by atoms with Gasteiger partial charge in [0.05, 0.1) is 5.60 Å². The van der Waals surface area contributed by atoms with Crippen molar-refractivity contribution in [3.05, 3.63) is 30.2 Å². The third-order valence-corrected chi connectivity index (χ3v) is 5.00. The van der Waals surface area contributed by atoms with Gasteiger partial charge in [0.1, 0.15) is 5.52 Å². The van der Waals surface area contributed by atoms with E-state index in [0.29, 0.717) is 12.1 Å². The van der Waals surface area contributed by atoms with Gasteiger partial charge < -0.3 is 14.4 Å². The fraction of sp³-hybridized carbons (Fsp3) is 0.533. The van der Waals surface area contributed by atoms with E-state index >= 15 is 0 Å². The Hall–Kier alpha value is -1.39. The molecule has 0 radical (unpaired) electrons. The molecule has 1 aromatic carbocycles. The summed E-state index contributed by atoms with van der Waals surface area (Å²) in [5.74, 6) is 0. The lowest BCUT2D eigenvalue weighted by Gasteiger charge is -2.42.